The minimum Gasteiger partial charge on any atom is -0.467 e. The smallest absolute Gasteiger partial charge is 0.359 e. The van der Waals surface area contributed by atoms with Crippen LogP contribution in [0.2, 0.25) is 0 Å². The molecule has 0 radical (unpaired) electrons. The largest absolute Gasteiger partial charge is 0.467 e. The molecule has 2 aliphatic rings. The lowest BCUT2D eigenvalue weighted by atomic mass is 9.71. The van der Waals surface area contributed by atoms with E-state index in [9.17, 15) is 4.79 Å². The Bertz CT molecular complexity index is 395. The molecule has 0 aromatic heterocycles. The molecular formula is C11H17NO5. The van der Waals surface area contributed by atoms with Crippen LogP contribution in [0.1, 0.15) is 27.2 Å². The minimum atomic E-state index is -1.30. The number of esters is 1. The van der Waals surface area contributed by atoms with Crippen molar-refractivity contribution in [1.82, 2.24) is 0 Å². The van der Waals surface area contributed by atoms with E-state index >= 15 is 0 Å². The van der Waals surface area contributed by atoms with Crippen LogP contribution >= 0.6 is 0 Å². The Balaban J connectivity index is 2.47. The summed E-state index contributed by atoms with van der Waals surface area (Å²) in [7, 11) is 2.79. The molecule has 0 unspecified atom stereocenters. The van der Waals surface area contributed by atoms with Crippen LogP contribution in [0.15, 0.2) is 4.99 Å². The summed E-state index contributed by atoms with van der Waals surface area (Å²) in [5.41, 5.74) is -2.06. The molecule has 0 N–H and O–H groups in total. The van der Waals surface area contributed by atoms with Crippen LogP contribution < -0.4 is 0 Å². The molecule has 2 heterocycles. The van der Waals surface area contributed by atoms with Gasteiger partial charge in [0.1, 0.15) is 0 Å². The van der Waals surface area contributed by atoms with Crippen LogP contribution in [-0.4, -0.2) is 43.2 Å². The van der Waals surface area contributed by atoms with Gasteiger partial charge in [-0.3, -0.25) is 4.74 Å². The van der Waals surface area contributed by atoms with Crippen LogP contribution in [0.25, 0.3) is 0 Å². The molecule has 0 aliphatic carbocycles. The molecule has 96 valence electrons. The zero-order chi connectivity index (χ0) is 12.9. The molecule has 3 atom stereocenters. The van der Waals surface area contributed by atoms with Gasteiger partial charge in [-0.15, -0.1) is 0 Å². The van der Waals surface area contributed by atoms with Crippen molar-refractivity contribution in [3.63, 3.8) is 0 Å². The van der Waals surface area contributed by atoms with E-state index in [-0.39, 0.29) is 0 Å². The Kier molecular flexibility index (Phi) is 2.48. The monoisotopic (exact) mass is 243 g/mol. The lowest BCUT2D eigenvalue weighted by Gasteiger charge is -2.58. The Hall–Kier alpha value is -1.14. The van der Waals surface area contributed by atoms with Crippen molar-refractivity contribution in [1.29, 1.82) is 0 Å². The molecule has 17 heavy (non-hydrogen) atoms. The fourth-order valence-corrected chi connectivity index (χ4v) is 2.74. The highest BCUT2D eigenvalue weighted by Crippen LogP contribution is 2.59. The van der Waals surface area contributed by atoms with Gasteiger partial charge in [0, 0.05) is 14.0 Å². The first kappa shape index (κ1) is 12.3. The molecule has 2 rings (SSSR count). The molecule has 0 aromatic carbocycles. The number of ether oxygens (including phenoxy) is 4. The number of methoxy groups -OCH3 is 2. The Morgan fingerprint density at radius 1 is 1.47 bits per heavy atom. The normalized spacial score (nSPS) is 43.2. The van der Waals surface area contributed by atoms with Crippen molar-refractivity contribution in [2.45, 2.75) is 44.3 Å². The third kappa shape index (κ3) is 1.12. The third-order valence-corrected chi connectivity index (χ3v) is 3.62. The van der Waals surface area contributed by atoms with E-state index in [0.29, 0.717) is 12.3 Å². The average molecular weight is 243 g/mol. The lowest BCUT2D eigenvalue weighted by Crippen LogP contribution is -2.81. The molecular weight excluding hydrogens is 226 g/mol. The summed E-state index contributed by atoms with van der Waals surface area (Å²) in [4.78, 5) is 16.3. The second-order valence-electron chi connectivity index (χ2n) is 4.33. The predicted octanol–water partition coefficient (Wildman–Crippen LogP) is 0.846. The highest BCUT2D eigenvalue weighted by molar-refractivity contribution is 5.86. The molecule has 1 saturated heterocycles. The van der Waals surface area contributed by atoms with Crippen LogP contribution in [0.4, 0.5) is 0 Å². The number of hydrogen-bond donors (Lipinski definition) is 0. The van der Waals surface area contributed by atoms with Crippen molar-refractivity contribution in [2.75, 3.05) is 14.2 Å². The standard InChI is InChI=1S/C11H17NO5/c1-6-10-9(3,8(13)14-4)17-11(10,15-5)16-7(2)12-10/h6H2,1-5H3/t9-,10-,11-/m0/s1. The van der Waals surface area contributed by atoms with E-state index in [4.69, 9.17) is 18.9 Å². The van der Waals surface area contributed by atoms with E-state index in [2.05, 4.69) is 4.99 Å². The van der Waals surface area contributed by atoms with Crippen molar-refractivity contribution >= 4 is 11.9 Å². The van der Waals surface area contributed by atoms with Gasteiger partial charge >= 0.3 is 11.9 Å². The van der Waals surface area contributed by atoms with Gasteiger partial charge in [-0.25, -0.2) is 9.79 Å². The van der Waals surface area contributed by atoms with Crippen LogP contribution in [0.3, 0.4) is 0 Å². The maximum absolute atomic E-state index is 11.9. The summed E-state index contributed by atoms with van der Waals surface area (Å²) in [6, 6.07) is 0. The number of hydrogen-bond acceptors (Lipinski definition) is 6. The molecule has 2 aliphatic heterocycles. The van der Waals surface area contributed by atoms with E-state index in [0.717, 1.165) is 0 Å². The second kappa shape index (κ2) is 3.43. The maximum Gasteiger partial charge on any atom is 0.359 e. The number of carbonyl (C=O) groups excluding carboxylic acids is 1. The lowest BCUT2D eigenvalue weighted by molar-refractivity contribution is -0.481. The van der Waals surface area contributed by atoms with Crippen molar-refractivity contribution < 1.29 is 23.7 Å². The summed E-state index contributed by atoms with van der Waals surface area (Å²) >= 11 is 0. The molecule has 0 saturated carbocycles. The van der Waals surface area contributed by atoms with Crippen molar-refractivity contribution in [3.05, 3.63) is 0 Å². The maximum atomic E-state index is 11.9. The minimum absolute atomic E-state index is 0.446. The fraction of sp³-hybridized carbons (Fsp3) is 0.818. The Labute approximate surface area is 99.9 Å². The number of aliphatic imine (C=N–C) groups is 1. The van der Waals surface area contributed by atoms with E-state index in [1.54, 1.807) is 13.8 Å². The SMILES string of the molecule is CC[C@@]12N=C(C)O[C@]1(OC)O[C@@]2(C)C(=O)OC. The quantitative estimate of drug-likeness (QED) is 0.687. The Morgan fingerprint density at radius 3 is 2.59 bits per heavy atom. The van der Waals surface area contributed by atoms with Crippen LogP contribution in [-0.2, 0) is 23.7 Å². The first-order chi connectivity index (χ1) is 7.91. The van der Waals surface area contributed by atoms with E-state index < -0.39 is 23.1 Å². The summed E-state index contributed by atoms with van der Waals surface area (Å²) in [5, 5.41) is 0. The number of carbonyl (C=O) groups is 1. The molecule has 0 amide bonds. The summed E-state index contributed by atoms with van der Waals surface area (Å²) in [6.07, 6.45) is 0.545. The molecule has 6 heteroatoms. The van der Waals surface area contributed by atoms with Gasteiger partial charge in [-0.2, -0.15) is 0 Å². The van der Waals surface area contributed by atoms with Crippen LogP contribution in [0.5, 0.6) is 0 Å². The second-order valence-corrected chi connectivity index (χ2v) is 4.33. The van der Waals surface area contributed by atoms with E-state index in [1.807, 2.05) is 6.92 Å². The Morgan fingerprint density at radius 2 is 2.12 bits per heavy atom. The fourth-order valence-electron chi connectivity index (χ4n) is 2.74. The predicted molar refractivity (Wildman–Crippen MR) is 58.5 cm³/mol. The first-order valence-corrected chi connectivity index (χ1v) is 5.50. The molecule has 0 bridgehead atoms. The van der Waals surface area contributed by atoms with Gasteiger partial charge in [0.05, 0.1) is 7.11 Å². The summed E-state index contributed by atoms with van der Waals surface area (Å²) in [6.45, 7) is 5.26. The van der Waals surface area contributed by atoms with Gasteiger partial charge in [0.2, 0.25) is 5.60 Å². The molecule has 6 nitrogen and oxygen atoms in total. The molecule has 1 fully saturated rings. The van der Waals surface area contributed by atoms with Gasteiger partial charge in [-0.05, 0) is 13.3 Å². The van der Waals surface area contributed by atoms with Gasteiger partial charge in [-0.1, -0.05) is 6.92 Å². The molecule has 0 aromatic rings. The summed E-state index contributed by atoms with van der Waals surface area (Å²) < 4.78 is 21.1. The number of nitrogens with zero attached hydrogens (tertiary/aromatic N) is 1. The zero-order valence-corrected chi connectivity index (χ0v) is 10.7. The molecule has 0 spiro atoms. The summed E-state index contributed by atoms with van der Waals surface area (Å²) in [5.74, 6) is -1.33. The van der Waals surface area contributed by atoms with Crippen LogP contribution in [0, 0.1) is 0 Å². The van der Waals surface area contributed by atoms with Gasteiger partial charge in [0.25, 0.3) is 0 Å². The zero-order valence-electron chi connectivity index (χ0n) is 10.7. The topological polar surface area (TPSA) is 66.3 Å². The first-order valence-electron chi connectivity index (χ1n) is 5.50. The average Bonchev–Trinajstić information content (AvgIpc) is 2.56. The van der Waals surface area contributed by atoms with Gasteiger partial charge < -0.3 is 14.2 Å². The number of fused-ring (bicyclic) bond motifs is 1. The van der Waals surface area contributed by atoms with E-state index in [1.165, 1.54) is 14.2 Å². The van der Waals surface area contributed by atoms with Crippen molar-refractivity contribution in [2.24, 2.45) is 4.99 Å². The third-order valence-electron chi connectivity index (χ3n) is 3.62. The number of rotatable bonds is 3. The van der Waals surface area contributed by atoms with Gasteiger partial charge in [0.15, 0.2) is 11.4 Å². The van der Waals surface area contributed by atoms with Crippen molar-refractivity contribution in [3.8, 4) is 0 Å². The highest BCUT2D eigenvalue weighted by Gasteiger charge is 2.83. The highest BCUT2D eigenvalue weighted by atomic mass is 16.9.